The molecule has 0 amide bonds. The molecule has 4 rings (SSSR count). The fourth-order valence-electron chi connectivity index (χ4n) is 3.12. The topological polar surface area (TPSA) is 43.7 Å². The molecule has 0 unspecified atom stereocenters. The lowest BCUT2D eigenvalue weighted by atomic mass is 9.77. The first-order valence-electron chi connectivity index (χ1n) is 8.42. The maximum absolute atomic E-state index is 13.5. The van der Waals surface area contributed by atoms with Gasteiger partial charge in [0.25, 0.3) is 0 Å². The predicted molar refractivity (Wildman–Crippen MR) is 95.7 cm³/mol. The van der Waals surface area contributed by atoms with Gasteiger partial charge in [0.15, 0.2) is 0 Å². The van der Waals surface area contributed by atoms with E-state index in [4.69, 9.17) is 9.31 Å². The van der Waals surface area contributed by atoms with Crippen molar-refractivity contribution in [2.45, 2.75) is 45.4 Å². The van der Waals surface area contributed by atoms with Gasteiger partial charge in [-0.15, -0.1) is 0 Å². The largest absolute Gasteiger partial charge is 0.494 e. The standard InChI is InChI=1S/C19H20BFN2O2/c1-18(2)19(3,4)25-20(24-18)14-6-5-13-11-23-17(15(13)10-14)12-7-8-22-16(21)9-12/h5-10H,11H2,1-4H3. The number of nitrogens with zero attached hydrogens (tertiary/aromatic N) is 2. The van der Waals surface area contributed by atoms with Gasteiger partial charge >= 0.3 is 7.12 Å². The number of pyridine rings is 1. The molecule has 0 N–H and O–H groups in total. The molecule has 2 aromatic rings. The van der Waals surface area contributed by atoms with Gasteiger partial charge in [-0.25, -0.2) is 4.98 Å². The smallest absolute Gasteiger partial charge is 0.399 e. The van der Waals surface area contributed by atoms with E-state index in [1.54, 1.807) is 6.07 Å². The minimum absolute atomic E-state index is 0.387. The van der Waals surface area contributed by atoms with E-state index in [1.165, 1.54) is 12.3 Å². The number of benzene rings is 1. The number of rotatable bonds is 2. The van der Waals surface area contributed by atoms with Crippen LogP contribution in [0.2, 0.25) is 0 Å². The third-order valence-electron chi connectivity index (χ3n) is 5.32. The highest BCUT2D eigenvalue weighted by atomic mass is 19.1. The van der Waals surface area contributed by atoms with Gasteiger partial charge in [-0.3, -0.25) is 4.99 Å². The number of hydrogen-bond acceptors (Lipinski definition) is 4. The first kappa shape index (κ1) is 16.4. The summed E-state index contributed by atoms with van der Waals surface area (Å²) in [7, 11) is -0.425. The Kier molecular flexibility index (Phi) is 3.60. The van der Waals surface area contributed by atoms with Crippen LogP contribution in [0.3, 0.4) is 0 Å². The zero-order valence-corrected chi connectivity index (χ0v) is 14.8. The Morgan fingerprint density at radius 2 is 1.76 bits per heavy atom. The molecule has 0 bridgehead atoms. The zero-order valence-electron chi connectivity index (χ0n) is 14.8. The van der Waals surface area contributed by atoms with Gasteiger partial charge in [0, 0.05) is 23.4 Å². The highest BCUT2D eigenvalue weighted by Gasteiger charge is 2.51. The fourth-order valence-corrected chi connectivity index (χ4v) is 3.12. The number of halogens is 1. The summed E-state index contributed by atoms with van der Waals surface area (Å²) in [4.78, 5) is 8.20. The van der Waals surface area contributed by atoms with Gasteiger partial charge in [0.2, 0.25) is 5.95 Å². The van der Waals surface area contributed by atoms with Gasteiger partial charge in [-0.2, -0.15) is 4.39 Å². The van der Waals surface area contributed by atoms with Crippen LogP contribution in [-0.4, -0.2) is 29.0 Å². The molecule has 128 valence electrons. The summed E-state index contributed by atoms with van der Waals surface area (Å²) in [6, 6.07) is 9.30. The van der Waals surface area contributed by atoms with E-state index in [0.29, 0.717) is 6.54 Å². The van der Waals surface area contributed by atoms with E-state index in [9.17, 15) is 4.39 Å². The molecule has 2 aliphatic rings. The van der Waals surface area contributed by atoms with Crippen molar-refractivity contribution < 1.29 is 13.7 Å². The Balaban J connectivity index is 1.70. The van der Waals surface area contributed by atoms with Gasteiger partial charge in [0.05, 0.1) is 23.5 Å². The molecule has 0 atom stereocenters. The summed E-state index contributed by atoms with van der Waals surface area (Å²) in [6.45, 7) is 8.73. The van der Waals surface area contributed by atoms with Crippen molar-refractivity contribution in [3.05, 3.63) is 59.2 Å². The minimum Gasteiger partial charge on any atom is -0.399 e. The summed E-state index contributed by atoms with van der Waals surface area (Å²) < 4.78 is 25.8. The van der Waals surface area contributed by atoms with Crippen molar-refractivity contribution in [2.75, 3.05) is 0 Å². The van der Waals surface area contributed by atoms with Crippen LogP contribution < -0.4 is 5.46 Å². The molecule has 0 spiro atoms. The second kappa shape index (κ2) is 5.48. The average Bonchev–Trinajstić information content (AvgIpc) is 3.05. The zero-order chi connectivity index (χ0) is 17.8. The van der Waals surface area contributed by atoms with E-state index in [0.717, 1.165) is 27.9 Å². The number of aliphatic imine (C=N–C) groups is 1. The van der Waals surface area contributed by atoms with Gasteiger partial charge < -0.3 is 9.31 Å². The molecule has 0 saturated carbocycles. The third kappa shape index (κ3) is 2.70. The Morgan fingerprint density at radius 3 is 2.44 bits per heavy atom. The molecule has 3 heterocycles. The summed E-state index contributed by atoms with van der Waals surface area (Å²) in [5, 5.41) is 0. The Hall–Kier alpha value is -2.05. The monoisotopic (exact) mass is 338 g/mol. The summed E-state index contributed by atoms with van der Waals surface area (Å²) in [6.07, 6.45) is 1.46. The molecule has 1 aromatic heterocycles. The quantitative estimate of drug-likeness (QED) is 0.625. The summed E-state index contributed by atoms with van der Waals surface area (Å²) in [5.41, 5.74) is 3.81. The van der Waals surface area contributed by atoms with Gasteiger partial charge in [0.1, 0.15) is 0 Å². The molecule has 0 aliphatic carbocycles. The maximum Gasteiger partial charge on any atom is 0.494 e. The third-order valence-corrected chi connectivity index (χ3v) is 5.32. The second-order valence-corrected chi connectivity index (χ2v) is 7.54. The van der Waals surface area contributed by atoms with Crippen molar-refractivity contribution >= 4 is 18.3 Å². The fraction of sp³-hybridized carbons (Fsp3) is 0.368. The number of aromatic nitrogens is 1. The molecule has 2 aliphatic heterocycles. The Labute approximate surface area is 147 Å². The molecular weight excluding hydrogens is 318 g/mol. The van der Waals surface area contributed by atoms with E-state index in [1.807, 2.05) is 45.9 Å². The van der Waals surface area contributed by atoms with Crippen LogP contribution in [-0.2, 0) is 15.9 Å². The van der Waals surface area contributed by atoms with Gasteiger partial charge in [-0.1, -0.05) is 18.2 Å². The van der Waals surface area contributed by atoms with Crippen molar-refractivity contribution in [3.8, 4) is 0 Å². The molecule has 1 saturated heterocycles. The van der Waals surface area contributed by atoms with Crippen LogP contribution in [0, 0.1) is 5.95 Å². The van der Waals surface area contributed by atoms with E-state index in [2.05, 4.69) is 9.98 Å². The highest BCUT2D eigenvalue weighted by molar-refractivity contribution is 6.62. The molecule has 1 aromatic carbocycles. The minimum atomic E-state index is -0.504. The first-order valence-corrected chi connectivity index (χ1v) is 8.42. The van der Waals surface area contributed by atoms with Crippen molar-refractivity contribution in [1.82, 2.24) is 4.98 Å². The lowest BCUT2D eigenvalue weighted by Gasteiger charge is -2.32. The molecule has 0 radical (unpaired) electrons. The SMILES string of the molecule is CC1(C)OB(c2ccc3c(c2)C(c2ccnc(F)c2)=NC3)OC1(C)C. The molecule has 6 heteroatoms. The molecule has 4 nitrogen and oxygen atoms in total. The Bertz CT molecular complexity index is 863. The van der Waals surface area contributed by atoms with Crippen molar-refractivity contribution in [2.24, 2.45) is 4.99 Å². The summed E-state index contributed by atoms with van der Waals surface area (Å²) >= 11 is 0. The number of fused-ring (bicyclic) bond motifs is 1. The highest BCUT2D eigenvalue weighted by Crippen LogP contribution is 2.36. The lowest BCUT2D eigenvalue weighted by molar-refractivity contribution is 0.00578. The van der Waals surface area contributed by atoms with Crippen molar-refractivity contribution in [3.63, 3.8) is 0 Å². The Morgan fingerprint density at radius 1 is 1.04 bits per heavy atom. The normalized spacial score (nSPS) is 20.5. The van der Waals surface area contributed by atoms with Crippen LogP contribution in [0.15, 0.2) is 41.5 Å². The van der Waals surface area contributed by atoms with E-state index < -0.39 is 13.1 Å². The van der Waals surface area contributed by atoms with Crippen LogP contribution in [0.25, 0.3) is 0 Å². The maximum atomic E-state index is 13.5. The van der Waals surface area contributed by atoms with Crippen LogP contribution >= 0.6 is 0 Å². The predicted octanol–water partition coefficient (Wildman–Crippen LogP) is 2.87. The second-order valence-electron chi connectivity index (χ2n) is 7.54. The first-order chi connectivity index (χ1) is 11.8. The summed E-state index contributed by atoms with van der Waals surface area (Å²) in [5.74, 6) is -0.504. The number of hydrogen-bond donors (Lipinski definition) is 0. The molecule has 25 heavy (non-hydrogen) atoms. The van der Waals surface area contributed by atoms with Crippen LogP contribution in [0.4, 0.5) is 4.39 Å². The molecular formula is C19H20BFN2O2. The van der Waals surface area contributed by atoms with Gasteiger partial charge in [-0.05, 0) is 44.8 Å². The molecule has 1 fully saturated rings. The van der Waals surface area contributed by atoms with Crippen LogP contribution in [0.1, 0.15) is 44.4 Å². The average molecular weight is 338 g/mol. The lowest BCUT2D eigenvalue weighted by Crippen LogP contribution is -2.41. The van der Waals surface area contributed by atoms with E-state index >= 15 is 0 Å². The van der Waals surface area contributed by atoms with Crippen molar-refractivity contribution in [1.29, 1.82) is 0 Å². The van der Waals surface area contributed by atoms with Crippen LogP contribution in [0.5, 0.6) is 0 Å². The van der Waals surface area contributed by atoms with E-state index in [-0.39, 0.29) is 11.2 Å².